The monoisotopic (exact) mass is 334 g/mol. The Morgan fingerprint density at radius 2 is 1.83 bits per heavy atom. The summed E-state index contributed by atoms with van der Waals surface area (Å²) in [6, 6.07) is 6.07. The molecule has 132 valence electrons. The summed E-state index contributed by atoms with van der Waals surface area (Å²) >= 11 is 0. The third-order valence-corrected chi connectivity index (χ3v) is 5.48. The maximum Gasteiger partial charge on any atom is 0.226 e. The maximum atomic E-state index is 13.0. The number of nitrogens with zero attached hydrogens (tertiary/aromatic N) is 2. The van der Waals surface area contributed by atoms with Gasteiger partial charge in [0.25, 0.3) is 0 Å². The Hall–Kier alpha value is -1.46. The number of hydrogen-bond acceptors (Lipinski definition) is 3. The number of carbonyl (C=O) groups excluding carboxylic acids is 1. The van der Waals surface area contributed by atoms with E-state index < -0.39 is 6.10 Å². The predicted octanol–water partition coefficient (Wildman–Crippen LogP) is 2.44. The maximum absolute atomic E-state index is 13.0. The van der Waals surface area contributed by atoms with Gasteiger partial charge in [0, 0.05) is 19.6 Å². The van der Waals surface area contributed by atoms with Gasteiger partial charge in [-0.05, 0) is 62.9 Å². The van der Waals surface area contributed by atoms with Gasteiger partial charge in [0.1, 0.15) is 5.82 Å². The second kappa shape index (κ2) is 7.62. The van der Waals surface area contributed by atoms with E-state index in [4.69, 9.17) is 0 Å². The molecule has 2 heterocycles. The van der Waals surface area contributed by atoms with Crippen LogP contribution in [0.3, 0.4) is 0 Å². The summed E-state index contributed by atoms with van der Waals surface area (Å²) in [5, 5.41) is 10.5. The minimum Gasteiger partial charge on any atom is -0.388 e. The number of piperidine rings is 2. The molecule has 24 heavy (non-hydrogen) atoms. The fourth-order valence-electron chi connectivity index (χ4n) is 3.99. The van der Waals surface area contributed by atoms with Gasteiger partial charge in [-0.3, -0.25) is 4.79 Å². The van der Waals surface area contributed by atoms with Crippen molar-refractivity contribution in [3.63, 3.8) is 0 Å². The minimum absolute atomic E-state index is 0.127. The number of rotatable bonds is 3. The fraction of sp³-hybridized carbons (Fsp3) is 0.632. The van der Waals surface area contributed by atoms with Crippen molar-refractivity contribution in [2.24, 2.45) is 11.8 Å². The highest BCUT2D eigenvalue weighted by Gasteiger charge is 2.32. The normalized spacial score (nSPS) is 24.8. The van der Waals surface area contributed by atoms with E-state index in [9.17, 15) is 14.3 Å². The topological polar surface area (TPSA) is 43.8 Å². The molecule has 0 saturated carbocycles. The van der Waals surface area contributed by atoms with Crippen molar-refractivity contribution in [1.29, 1.82) is 0 Å². The average Bonchev–Trinajstić information content (AvgIpc) is 2.61. The van der Waals surface area contributed by atoms with Gasteiger partial charge in [-0.1, -0.05) is 12.1 Å². The molecule has 4 nitrogen and oxygen atoms in total. The van der Waals surface area contributed by atoms with Crippen molar-refractivity contribution in [2.75, 3.05) is 33.2 Å². The molecule has 3 rings (SSSR count). The van der Waals surface area contributed by atoms with Crippen LogP contribution in [0, 0.1) is 17.7 Å². The number of benzene rings is 1. The first-order valence-electron chi connectivity index (χ1n) is 8.95. The lowest BCUT2D eigenvalue weighted by molar-refractivity contribution is -0.139. The van der Waals surface area contributed by atoms with E-state index in [1.165, 1.54) is 12.1 Å². The minimum atomic E-state index is -0.580. The smallest absolute Gasteiger partial charge is 0.226 e. The molecule has 2 aliphatic rings. The zero-order chi connectivity index (χ0) is 17.1. The van der Waals surface area contributed by atoms with Crippen molar-refractivity contribution in [1.82, 2.24) is 9.80 Å². The van der Waals surface area contributed by atoms with E-state index in [0.717, 1.165) is 44.3 Å². The highest BCUT2D eigenvalue weighted by molar-refractivity contribution is 5.79. The van der Waals surface area contributed by atoms with E-state index in [0.29, 0.717) is 13.1 Å². The zero-order valence-corrected chi connectivity index (χ0v) is 14.3. The van der Waals surface area contributed by atoms with Crippen molar-refractivity contribution in [3.8, 4) is 0 Å². The third-order valence-electron chi connectivity index (χ3n) is 5.48. The van der Waals surface area contributed by atoms with Crippen molar-refractivity contribution >= 4 is 5.91 Å². The Kier molecular flexibility index (Phi) is 5.51. The van der Waals surface area contributed by atoms with Crippen molar-refractivity contribution in [2.45, 2.75) is 31.8 Å². The van der Waals surface area contributed by atoms with Crippen LogP contribution in [-0.4, -0.2) is 54.0 Å². The summed E-state index contributed by atoms with van der Waals surface area (Å²) in [6.45, 7) is 3.36. The molecule has 2 aliphatic heterocycles. The van der Waals surface area contributed by atoms with Gasteiger partial charge >= 0.3 is 0 Å². The molecule has 1 N–H and O–H groups in total. The van der Waals surface area contributed by atoms with Crippen LogP contribution in [0.4, 0.5) is 4.39 Å². The van der Waals surface area contributed by atoms with Gasteiger partial charge in [-0.2, -0.15) is 0 Å². The Labute approximate surface area is 143 Å². The van der Waals surface area contributed by atoms with Gasteiger partial charge in [0.15, 0.2) is 0 Å². The molecule has 5 heteroatoms. The molecule has 0 spiro atoms. The molecule has 0 bridgehead atoms. The first-order valence-corrected chi connectivity index (χ1v) is 8.95. The molecule has 1 amide bonds. The summed E-state index contributed by atoms with van der Waals surface area (Å²) in [5.41, 5.74) is 0.759. The number of likely N-dealkylation sites (tertiary alicyclic amines) is 2. The zero-order valence-electron chi connectivity index (χ0n) is 14.3. The van der Waals surface area contributed by atoms with Crippen LogP contribution in [0.2, 0.25) is 0 Å². The molecule has 1 aromatic rings. The van der Waals surface area contributed by atoms with Crippen LogP contribution in [0.1, 0.15) is 37.4 Å². The summed E-state index contributed by atoms with van der Waals surface area (Å²) in [5.74, 6) is 0.246. The van der Waals surface area contributed by atoms with Crippen molar-refractivity contribution in [3.05, 3.63) is 35.6 Å². The quantitative estimate of drug-likeness (QED) is 0.923. The highest BCUT2D eigenvalue weighted by atomic mass is 19.1. The highest BCUT2D eigenvalue weighted by Crippen LogP contribution is 2.31. The second-order valence-electron chi connectivity index (χ2n) is 7.26. The molecule has 2 saturated heterocycles. The number of aliphatic hydroxyl groups excluding tert-OH is 1. The largest absolute Gasteiger partial charge is 0.388 e. The first-order chi connectivity index (χ1) is 11.5. The Balaban J connectivity index is 1.53. The number of carbonyl (C=O) groups is 1. The number of hydrogen-bond donors (Lipinski definition) is 1. The fourth-order valence-corrected chi connectivity index (χ4v) is 3.99. The van der Waals surface area contributed by atoms with Gasteiger partial charge < -0.3 is 14.9 Å². The lowest BCUT2D eigenvalue weighted by atomic mass is 9.86. The van der Waals surface area contributed by atoms with Crippen LogP contribution in [0.5, 0.6) is 0 Å². The van der Waals surface area contributed by atoms with Crippen LogP contribution >= 0.6 is 0 Å². The van der Waals surface area contributed by atoms with E-state index in [2.05, 4.69) is 11.9 Å². The predicted molar refractivity (Wildman–Crippen MR) is 90.9 cm³/mol. The lowest BCUT2D eigenvalue weighted by Crippen LogP contribution is -2.46. The van der Waals surface area contributed by atoms with E-state index >= 15 is 0 Å². The van der Waals surface area contributed by atoms with Crippen molar-refractivity contribution < 1.29 is 14.3 Å². The van der Waals surface area contributed by atoms with Crippen LogP contribution in [0.25, 0.3) is 0 Å². The second-order valence-corrected chi connectivity index (χ2v) is 7.26. The average molecular weight is 334 g/mol. The molecule has 2 atom stereocenters. The molecular formula is C19H27FN2O2. The third kappa shape index (κ3) is 3.95. The molecular weight excluding hydrogens is 307 g/mol. The summed E-state index contributed by atoms with van der Waals surface area (Å²) in [6.07, 6.45) is 3.09. The first kappa shape index (κ1) is 17.4. The molecule has 0 aromatic heterocycles. The number of aliphatic hydroxyl groups is 1. The summed E-state index contributed by atoms with van der Waals surface area (Å²) in [4.78, 5) is 16.9. The lowest BCUT2D eigenvalue weighted by Gasteiger charge is -2.38. The van der Waals surface area contributed by atoms with Gasteiger partial charge in [-0.15, -0.1) is 0 Å². The molecule has 0 aliphatic carbocycles. The molecule has 0 radical (unpaired) electrons. The van der Waals surface area contributed by atoms with E-state index in [1.54, 1.807) is 12.1 Å². The Morgan fingerprint density at radius 3 is 2.46 bits per heavy atom. The van der Waals surface area contributed by atoms with Gasteiger partial charge in [0.05, 0.1) is 12.0 Å². The molecule has 1 aromatic carbocycles. The Morgan fingerprint density at radius 1 is 1.17 bits per heavy atom. The SMILES string of the molecule is CN1CCCC(C(=O)N2CCC(C(O)c3ccc(F)cc3)CC2)C1. The molecule has 2 unspecified atom stereocenters. The summed E-state index contributed by atoms with van der Waals surface area (Å²) < 4.78 is 13.0. The van der Waals surface area contributed by atoms with Crippen LogP contribution in [0.15, 0.2) is 24.3 Å². The number of halogens is 1. The van der Waals surface area contributed by atoms with E-state index in [-0.39, 0.29) is 23.6 Å². The van der Waals surface area contributed by atoms with Gasteiger partial charge in [0.2, 0.25) is 5.91 Å². The van der Waals surface area contributed by atoms with Gasteiger partial charge in [-0.25, -0.2) is 4.39 Å². The summed E-state index contributed by atoms with van der Waals surface area (Å²) in [7, 11) is 2.07. The van der Waals surface area contributed by atoms with E-state index in [1.807, 2.05) is 4.90 Å². The standard InChI is InChI=1S/C19H27FN2O2/c1-21-10-2-3-16(13-21)19(24)22-11-8-15(9-12-22)18(23)14-4-6-17(20)7-5-14/h4-7,15-16,18,23H,2-3,8-13H2,1H3. The van der Waals surface area contributed by atoms with Crippen LogP contribution < -0.4 is 0 Å². The molecule has 2 fully saturated rings. The van der Waals surface area contributed by atoms with Crippen LogP contribution in [-0.2, 0) is 4.79 Å². The Bertz CT molecular complexity index is 555. The number of amides is 1.